The molecule has 1 nitrogen and oxygen atoms in total. The first-order valence-corrected chi connectivity index (χ1v) is 7.10. The van der Waals surface area contributed by atoms with E-state index in [1.54, 1.807) is 12.1 Å². The Morgan fingerprint density at radius 2 is 2.12 bits per heavy atom. The van der Waals surface area contributed by atoms with Gasteiger partial charge in [-0.2, -0.15) is 0 Å². The second-order valence-electron chi connectivity index (χ2n) is 4.51. The van der Waals surface area contributed by atoms with Crippen molar-refractivity contribution in [3.63, 3.8) is 0 Å². The average molecular weight is 302 g/mol. The van der Waals surface area contributed by atoms with Crippen LogP contribution < -0.4 is 5.32 Å². The lowest BCUT2D eigenvalue weighted by molar-refractivity contribution is 0.486. The predicted octanol–water partition coefficient (Wildman–Crippen LogP) is 4.65. The molecule has 0 amide bonds. The number of hydrogen-bond donors (Lipinski definition) is 1. The lowest BCUT2D eigenvalue weighted by Crippen LogP contribution is -2.25. The molecule has 0 aliphatic carbocycles. The smallest absolute Gasteiger partial charge is 0.123 e. The van der Waals surface area contributed by atoms with Gasteiger partial charge in [0.25, 0.3) is 0 Å². The van der Waals surface area contributed by atoms with E-state index in [1.807, 2.05) is 0 Å². The number of rotatable bonds is 7. The van der Waals surface area contributed by atoms with Gasteiger partial charge in [0, 0.05) is 17.1 Å². The molecule has 0 saturated heterocycles. The topological polar surface area (TPSA) is 12.0 Å². The van der Waals surface area contributed by atoms with Gasteiger partial charge >= 0.3 is 0 Å². The minimum Gasteiger partial charge on any atom is -0.310 e. The van der Waals surface area contributed by atoms with Gasteiger partial charge in [-0.1, -0.05) is 42.1 Å². The number of halogens is 2. The molecule has 3 heteroatoms. The fourth-order valence-electron chi connectivity index (χ4n) is 1.77. The van der Waals surface area contributed by atoms with Gasteiger partial charge in [0.2, 0.25) is 0 Å². The summed E-state index contributed by atoms with van der Waals surface area (Å²) in [5.74, 6) is -0.177. The summed E-state index contributed by atoms with van der Waals surface area (Å²) in [6.45, 7) is 5.11. The standard InChI is InChI=1S/C14H21BrFN/c1-3-4-5-6-11(2)17-10-12-9-13(16)7-8-14(12)15/h7-9,11,17H,3-6,10H2,1-2H3. The molecule has 1 unspecified atom stereocenters. The van der Waals surface area contributed by atoms with Gasteiger partial charge in [0.1, 0.15) is 5.82 Å². The molecule has 96 valence electrons. The van der Waals surface area contributed by atoms with E-state index < -0.39 is 0 Å². The largest absolute Gasteiger partial charge is 0.310 e. The minimum absolute atomic E-state index is 0.177. The van der Waals surface area contributed by atoms with E-state index in [0.29, 0.717) is 12.6 Å². The number of benzene rings is 1. The van der Waals surface area contributed by atoms with Gasteiger partial charge in [-0.25, -0.2) is 4.39 Å². The summed E-state index contributed by atoms with van der Waals surface area (Å²) in [4.78, 5) is 0. The molecule has 0 spiro atoms. The molecule has 0 aromatic heterocycles. The Labute approximate surface area is 112 Å². The molecule has 17 heavy (non-hydrogen) atoms. The second kappa shape index (κ2) is 7.83. The highest BCUT2D eigenvalue weighted by atomic mass is 79.9. The van der Waals surface area contributed by atoms with Gasteiger partial charge in [-0.3, -0.25) is 0 Å². The maximum atomic E-state index is 13.1. The molecule has 1 rings (SSSR count). The van der Waals surface area contributed by atoms with Gasteiger partial charge in [0.05, 0.1) is 0 Å². The van der Waals surface area contributed by atoms with Crippen LogP contribution in [0.3, 0.4) is 0 Å². The van der Waals surface area contributed by atoms with Crippen LogP contribution in [0, 0.1) is 5.82 Å². The van der Waals surface area contributed by atoms with Gasteiger partial charge in [-0.05, 0) is 37.1 Å². The van der Waals surface area contributed by atoms with E-state index in [-0.39, 0.29) is 5.82 Å². The van der Waals surface area contributed by atoms with Crippen molar-refractivity contribution in [3.05, 3.63) is 34.1 Å². The number of hydrogen-bond acceptors (Lipinski definition) is 1. The highest BCUT2D eigenvalue weighted by Gasteiger charge is 2.04. The number of unbranched alkanes of at least 4 members (excludes halogenated alkanes) is 2. The summed E-state index contributed by atoms with van der Waals surface area (Å²) in [5.41, 5.74) is 0.979. The van der Waals surface area contributed by atoms with Gasteiger partial charge < -0.3 is 5.32 Å². The molecule has 1 aromatic carbocycles. The summed E-state index contributed by atoms with van der Waals surface area (Å²) < 4.78 is 14.0. The van der Waals surface area contributed by atoms with Crippen molar-refractivity contribution in [3.8, 4) is 0 Å². The summed E-state index contributed by atoms with van der Waals surface area (Å²) in [6, 6.07) is 5.29. The fraction of sp³-hybridized carbons (Fsp3) is 0.571. The van der Waals surface area contributed by atoms with Crippen LogP contribution in [0.15, 0.2) is 22.7 Å². The van der Waals surface area contributed by atoms with Crippen LogP contribution in [0.2, 0.25) is 0 Å². The molecule has 0 aliphatic heterocycles. The average Bonchev–Trinajstić information content (AvgIpc) is 2.31. The number of nitrogens with one attached hydrogen (secondary N) is 1. The highest BCUT2D eigenvalue weighted by molar-refractivity contribution is 9.10. The molecule has 1 atom stereocenters. The van der Waals surface area contributed by atoms with Crippen molar-refractivity contribution in [1.82, 2.24) is 5.32 Å². The summed E-state index contributed by atoms with van der Waals surface area (Å²) in [6.07, 6.45) is 4.98. The molecule has 1 N–H and O–H groups in total. The van der Waals surface area contributed by atoms with Crippen molar-refractivity contribution in [2.75, 3.05) is 0 Å². The Morgan fingerprint density at radius 3 is 2.82 bits per heavy atom. The SMILES string of the molecule is CCCCCC(C)NCc1cc(F)ccc1Br. The Bertz CT molecular complexity index is 341. The van der Waals surface area contributed by atoms with Crippen LogP contribution in [0.4, 0.5) is 4.39 Å². The van der Waals surface area contributed by atoms with E-state index in [0.717, 1.165) is 10.0 Å². The van der Waals surface area contributed by atoms with Gasteiger partial charge in [0.15, 0.2) is 0 Å². The van der Waals surface area contributed by atoms with E-state index in [1.165, 1.54) is 31.7 Å². The molecule has 1 aromatic rings. The van der Waals surface area contributed by atoms with Crippen LogP contribution in [0.5, 0.6) is 0 Å². The monoisotopic (exact) mass is 301 g/mol. The zero-order chi connectivity index (χ0) is 12.7. The predicted molar refractivity (Wildman–Crippen MR) is 74.5 cm³/mol. The normalized spacial score (nSPS) is 12.7. The van der Waals surface area contributed by atoms with Crippen LogP contribution in [0.1, 0.15) is 45.1 Å². The molecule has 0 saturated carbocycles. The molecule has 0 heterocycles. The molecule has 0 radical (unpaired) electrons. The summed E-state index contributed by atoms with van der Waals surface area (Å²) in [7, 11) is 0. The van der Waals surface area contributed by atoms with Crippen LogP contribution in [-0.4, -0.2) is 6.04 Å². The summed E-state index contributed by atoms with van der Waals surface area (Å²) >= 11 is 3.44. The van der Waals surface area contributed by atoms with Crippen LogP contribution in [0.25, 0.3) is 0 Å². The fourth-order valence-corrected chi connectivity index (χ4v) is 2.15. The lowest BCUT2D eigenvalue weighted by Gasteiger charge is -2.14. The second-order valence-corrected chi connectivity index (χ2v) is 5.37. The molecular formula is C14H21BrFN. The molecule has 0 bridgehead atoms. The zero-order valence-corrected chi connectivity index (χ0v) is 12.2. The van der Waals surface area contributed by atoms with Gasteiger partial charge in [-0.15, -0.1) is 0 Å². The quantitative estimate of drug-likeness (QED) is 0.723. The Morgan fingerprint density at radius 1 is 1.35 bits per heavy atom. The van der Waals surface area contributed by atoms with Crippen molar-refractivity contribution in [1.29, 1.82) is 0 Å². The first kappa shape index (κ1) is 14.7. The molecule has 0 aliphatic rings. The minimum atomic E-state index is -0.177. The van der Waals surface area contributed by atoms with E-state index >= 15 is 0 Å². The highest BCUT2D eigenvalue weighted by Crippen LogP contribution is 2.18. The Balaban J connectivity index is 2.36. The first-order valence-electron chi connectivity index (χ1n) is 6.30. The van der Waals surface area contributed by atoms with E-state index in [2.05, 4.69) is 35.1 Å². The van der Waals surface area contributed by atoms with E-state index in [9.17, 15) is 4.39 Å². The maximum Gasteiger partial charge on any atom is 0.123 e. The Hall–Kier alpha value is -0.410. The Kier molecular flexibility index (Phi) is 6.75. The van der Waals surface area contributed by atoms with Crippen LogP contribution >= 0.6 is 15.9 Å². The zero-order valence-electron chi connectivity index (χ0n) is 10.6. The lowest BCUT2D eigenvalue weighted by atomic mass is 10.1. The first-order chi connectivity index (χ1) is 8.13. The van der Waals surface area contributed by atoms with Crippen molar-refractivity contribution < 1.29 is 4.39 Å². The summed E-state index contributed by atoms with van der Waals surface area (Å²) in [5, 5.41) is 3.43. The third-order valence-corrected chi connectivity index (χ3v) is 3.66. The molecular weight excluding hydrogens is 281 g/mol. The van der Waals surface area contributed by atoms with Crippen LogP contribution in [-0.2, 0) is 6.54 Å². The molecule has 0 fully saturated rings. The van der Waals surface area contributed by atoms with Crippen molar-refractivity contribution >= 4 is 15.9 Å². The maximum absolute atomic E-state index is 13.1. The third-order valence-electron chi connectivity index (χ3n) is 2.89. The van der Waals surface area contributed by atoms with E-state index in [4.69, 9.17) is 0 Å². The van der Waals surface area contributed by atoms with Crippen molar-refractivity contribution in [2.24, 2.45) is 0 Å². The third kappa shape index (κ3) is 5.64. The van der Waals surface area contributed by atoms with Crippen molar-refractivity contribution in [2.45, 2.75) is 52.1 Å².